The molecule has 0 bridgehead atoms. The van der Waals surface area contributed by atoms with Crippen LogP contribution in [0.5, 0.6) is 0 Å². The minimum atomic E-state index is -0.0368. The van der Waals surface area contributed by atoms with Gasteiger partial charge in [0.15, 0.2) is 11.9 Å². The van der Waals surface area contributed by atoms with Gasteiger partial charge in [-0.25, -0.2) is 0 Å². The first-order valence-corrected chi connectivity index (χ1v) is 8.35. The van der Waals surface area contributed by atoms with Gasteiger partial charge in [-0.05, 0) is 23.1 Å². The fourth-order valence-corrected chi connectivity index (χ4v) is 2.66. The third-order valence-corrected chi connectivity index (χ3v) is 4.27. The summed E-state index contributed by atoms with van der Waals surface area (Å²) < 4.78 is 3.89. The van der Waals surface area contributed by atoms with E-state index >= 15 is 0 Å². The van der Waals surface area contributed by atoms with Crippen LogP contribution in [0, 0.1) is 0 Å². The molecule has 0 radical (unpaired) electrons. The Kier molecular flexibility index (Phi) is 3.69. The zero-order valence-electron chi connectivity index (χ0n) is 15.7. The van der Waals surface area contributed by atoms with E-state index in [1.165, 1.54) is 5.56 Å². The molecule has 0 amide bonds. The summed E-state index contributed by atoms with van der Waals surface area (Å²) in [5.41, 5.74) is 3.45. The van der Waals surface area contributed by atoms with Gasteiger partial charge >= 0.3 is 17.6 Å². The SMILES string of the molecule is C[N+]1=C=[N+](c2ccc(C(C)(C)C)cc2)c2nc(C(C)(C)C)cnc21. The van der Waals surface area contributed by atoms with Gasteiger partial charge in [-0.15, -0.1) is 4.58 Å². The quantitative estimate of drug-likeness (QED) is 0.730. The molecule has 0 fully saturated rings. The number of aromatic nitrogens is 2. The van der Waals surface area contributed by atoms with Crippen LogP contribution in [-0.2, 0) is 10.8 Å². The van der Waals surface area contributed by atoms with Gasteiger partial charge in [0, 0.05) is 10.4 Å². The van der Waals surface area contributed by atoms with Crippen LogP contribution in [0.2, 0.25) is 0 Å². The number of hydrogen-bond donors (Lipinski definition) is 0. The summed E-state index contributed by atoms with van der Waals surface area (Å²) in [6, 6.07) is 11.9. The number of rotatable bonds is 1. The summed E-state index contributed by atoms with van der Waals surface area (Å²) in [7, 11) is 1.95. The Balaban J connectivity index is 2.07. The Morgan fingerprint density at radius 2 is 1.50 bits per heavy atom. The molecule has 0 N–H and O–H groups in total. The lowest BCUT2D eigenvalue weighted by Crippen LogP contribution is -2.15. The summed E-state index contributed by atoms with van der Waals surface area (Å²) in [6.07, 6.45) is 1.86. The van der Waals surface area contributed by atoms with E-state index in [9.17, 15) is 0 Å². The second-order valence-corrected chi connectivity index (χ2v) is 8.44. The Bertz CT molecular complexity index is 856. The molecule has 1 aromatic carbocycles. The van der Waals surface area contributed by atoms with Crippen LogP contribution in [0.15, 0.2) is 30.5 Å². The van der Waals surface area contributed by atoms with Crippen molar-refractivity contribution in [3.8, 4) is 0 Å². The van der Waals surface area contributed by atoms with Gasteiger partial charge < -0.3 is 0 Å². The highest BCUT2D eigenvalue weighted by atomic mass is 15.2. The highest BCUT2D eigenvalue weighted by Crippen LogP contribution is 2.32. The summed E-state index contributed by atoms with van der Waals surface area (Å²) >= 11 is 0. The van der Waals surface area contributed by atoms with E-state index in [0.29, 0.717) is 0 Å². The van der Waals surface area contributed by atoms with E-state index in [1.54, 1.807) is 0 Å². The third kappa shape index (κ3) is 2.90. The molecule has 1 aromatic heterocycles. The van der Waals surface area contributed by atoms with Crippen molar-refractivity contribution in [1.82, 2.24) is 14.5 Å². The van der Waals surface area contributed by atoms with Crippen LogP contribution < -0.4 is 4.58 Å². The maximum atomic E-state index is 4.86. The Hall–Kier alpha value is -2.32. The van der Waals surface area contributed by atoms with E-state index in [0.717, 1.165) is 23.0 Å². The minimum absolute atomic E-state index is 0.0368. The van der Waals surface area contributed by atoms with Gasteiger partial charge in [0.2, 0.25) is 0 Å². The Labute approximate surface area is 144 Å². The molecule has 2 heterocycles. The molecule has 124 valence electrons. The van der Waals surface area contributed by atoms with Crippen molar-refractivity contribution in [2.24, 2.45) is 0 Å². The first-order valence-electron chi connectivity index (χ1n) is 8.35. The Morgan fingerprint density at radius 3 is 2.04 bits per heavy atom. The topological polar surface area (TPSA) is 31.8 Å². The molecule has 2 aromatic rings. The molecule has 0 spiro atoms. The molecule has 0 aliphatic carbocycles. The van der Waals surface area contributed by atoms with Gasteiger partial charge in [-0.2, -0.15) is 4.98 Å². The van der Waals surface area contributed by atoms with Gasteiger partial charge in [0.1, 0.15) is 12.7 Å². The molecule has 3 rings (SSSR count). The molecule has 0 saturated heterocycles. The largest absolute Gasteiger partial charge is 0.474 e. The summed E-state index contributed by atoms with van der Waals surface area (Å²) in [6.45, 7) is 13.1. The Morgan fingerprint density at radius 1 is 0.875 bits per heavy atom. The molecular formula is C20H26N4+2. The van der Waals surface area contributed by atoms with E-state index in [1.807, 2.05) is 22.4 Å². The fraction of sp³-hybridized carbons (Fsp3) is 0.450. The highest BCUT2D eigenvalue weighted by molar-refractivity contribution is 5.69. The van der Waals surface area contributed by atoms with Crippen molar-refractivity contribution in [3.05, 3.63) is 41.7 Å². The van der Waals surface area contributed by atoms with Crippen molar-refractivity contribution >= 4 is 23.3 Å². The standard InChI is InChI=1S/C20H26N4/c1-19(2,3)14-8-10-15(11-9-14)24-13-23(7)17-18(24)22-16(12-21-17)20(4,5)6/h8-12H,1-7H3/q+2. The lowest BCUT2D eigenvalue weighted by molar-refractivity contribution is -0.398. The van der Waals surface area contributed by atoms with Crippen molar-refractivity contribution < 1.29 is 4.58 Å². The monoisotopic (exact) mass is 322 g/mol. The second kappa shape index (κ2) is 5.35. The van der Waals surface area contributed by atoms with Crippen molar-refractivity contribution in [2.45, 2.75) is 52.4 Å². The minimum Gasteiger partial charge on any atom is -0.192 e. The molecular weight excluding hydrogens is 296 g/mol. The maximum absolute atomic E-state index is 4.86. The van der Waals surface area contributed by atoms with Crippen LogP contribution >= 0.6 is 0 Å². The molecule has 0 unspecified atom stereocenters. The smallest absolute Gasteiger partial charge is 0.192 e. The van der Waals surface area contributed by atoms with Crippen LogP contribution in [-0.4, -0.2) is 27.6 Å². The van der Waals surface area contributed by atoms with E-state index in [4.69, 9.17) is 4.98 Å². The zero-order chi connectivity index (χ0) is 17.7. The third-order valence-electron chi connectivity index (χ3n) is 4.27. The lowest BCUT2D eigenvalue weighted by Gasteiger charge is -2.18. The van der Waals surface area contributed by atoms with Crippen LogP contribution in [0.3, 0.4) is 0 Å². The molecule has 1 aliphatic heterocycles. The lowest BCUT2D eigenvalue weighted by atomic mass is 9.87. The first-order chi connectivity index (χ1) is 11.1. The normalized spacial score (nSPS) is 14.3. The number of nitrogens with zero attached hydrogens (tertiary/aromatic N) is 4. The van der Waals surface area contributed by atoms with Crippen LogP contribution in [0.25, 0.3) is 0 Å². The molecule has 0 saturated carbocycles. The molecule has 24 heavy (non-hydrogen) atoms. The average Bonchev–Trinajstić information content (AvgIpc) is 2.82. The van der Waals surface area contributed by atoms with Gasteiger partial charge in [0.25, 0.3) is 0 Å². The van der Waals surface area contributed by atoms with Crippen LogP contribution in [0.1, 0.15) is 52.8 Å². The van der Waals surface area contributed by atoms with Crippen LogP contribution in [0.4, 0.5) is 17.3 Å². The molecule has 1 aliphatic rings. The average molecular weight is 322 g/mol. The van der Waals surface area contributed by atoms with E-state index in [2.05, 4.69) is 76.8 Å². The molecule has 0 atom stereocenters. The predicted molar refractivity (Wildman–Crippen MR) is 98.2 cm³/mol. The maximum Gasteiger partial charge on any atom is 0.474 e. The number of benzene rings is 1. The molecule has 4 nitrogen and oxygen atoms in total. The highest BCUT2D eigenvalue weighted by Gasteiger charge is 2.37. The number of fused-ring (bicyclic) bond motifs is 1. The summed E-state index contributed by atoms with van der Waals surface area (Å²) in [4.78, 5) is 9.46. The van der Waals surface area contributed by atoms with E-state index < -0.39 is 0 Å². The van der Waals surface area contributed by atoms with Crippen molar-refractivity contribution in [1.29, 1.82) is 0 Å². The van der Waals surface area contributed by atoms with Gasteiger partial charge in [0.05, 0.1) is 0 Å². The van der Waals surface area contributed by atoms with Crippen molar-refractivity contribution in [2.75, 3.05) is 7.05 Å². The molecule has 4 heteroatoms. The summed E-state index contributed by atoms with van der Waals surface area (Å²) in [5.74, 6) is 1.68. The van der Waals surface area contributed by atoms with Gasteiger partial charge in [-0.3, -0.25) is 0 Å². The number of hydrogen-bond acceptors (Lipinski definition) is 2. The van der Waals surface area contributed by atoms with Gasteiger partial charge in [-0.1, -0.05) is 58.3 Å². The van der Waals surface area contributed by atoms with Crippen molar-refractivity contribution in [3.63, 3.8) is 0 Å². The summed E-state index contributed by atoms with van der Waals surface area (Å²) in [5, 5.41) is 0. The zero-order valence-corrected chi connectivity index (χ0v) is 15.7. The second-order valence-electron chi connectivity index (χ2n) is 8.44. The first kappa shape index (κ1) is 16.5. The fourth-order valence-electron chi connectivity index (χ4n) is 2.66. The predicted octanol–water partition coefficient (Wildman–Crippen LogP) is 4.37. The van der Waals surface area contributed by atoms with E-state index in [-0.39, 0.29) is 10.8 Å².